The van der Waals surface area contributed by atoms with Crippen molar-refractivity contribution >= 4 is 28.7 Å². The standard InChI is InChI=1S/C16H20N2O4/c1-16(2,3)6-7-22-15(21)18-12-5-4-11(17)8-10(12)9-13(18)14(19)20/h4-5,8-9H,6-7,17H2,1-3H3,(H,19,20). The fourth-order valence-corrected chi connectivity index (χ4v) is 2.10. The summed E-state index contributed by atoms with van der Waals surface area (Å²) >= 11 is 0. The Balaban J connectivity index is 2.34. The molecule has 1 aromatic carbocycles. The van der Waals surface area contributed by atoms with Crippen LogP contribution in [0.2, 0.25) is 0 Å². The number of carbonyl (C=O) groups excluding carboxylic acids is 1. The van der Waals surface area contributed by atoms with Gasteiger partial charge >= 0.3 is 12.1 Å². The number of nitrogens with zero attached hydrogens (tertiary/aromatic N) is 1. The summed E-state index contributed by atoms with van der Waals surface area (Å²) in [6, 6.07) is 6.27. The first-order valence-corrected chi connectivity index (χ1v) is 7.00. The molecule has 0 unspecified atom stereocenters. The molecule has 0 bridgehead atoms. The van der Waals surface area contributed by atoms with E-state index in [0.717, 1.165) is 4.57 Å². The van der Waals surface area contributed by atoms with Crippen molar-refractivity contribution in [1.29, 1.82) is 0 Å². The van der Waals surface area contributed by atoms with E-state index >= 15 is 0 Å². The van der Waals surface area contributed by atoms with Crippen LogP contribution < -0.4 is 5.73 Å². The first-order valence-electron chi connectivity index (χ1n) is 7.00. The lowest BCUT2D eigenvalue weighted by Gasteiger charge is -2.17. The average Bonchev–Trinajstić information content (AvgIpc) is 2.75. The lowest BCUT2D eigenvalue weighted by atomic mass is 9.93. The highest BCUT2D eigenvalue weighted by molar-refractivity contribution is 6.01. The summed E-state index contributed by atoms with van der Waals surface area (Å²) in [5.41, 5.74) is 6.55. The van der Waals surface area contributed by atoms with E-state index in [1.54, 1.807) is 18.2 Å². The largest absolute Gasteiger partial charge is 0.477 e. The average molecular weight is 304 g/mol. The molecule has 1 aromatic heterocycles. The van der Waals surface area contributed by atoms with Crippen molar-refractivity contribution in [3.8, 4) is 0 Å². The van der Waals surface area contributed by atoms with Crippen LogP contribution in [0, 0.1) is 5.41 Å². The Morgan fingerprint density at radius 3 is 2.55 bits per heavy atom. The Labute approximate surface area is 128 Å². The summed E-state index contributed by atoms with van der Waals surface area (Å²) in [6.45, 7) is 6.35. The number of ether oxygens (including phenoxy) is 1. The van der Waals surface area contributed by atoms with E-state index in [1.165, 1.54) is 6.07 Å². The number of anilines is 1. The Morgan fingerprint density at radius 2 is 1.95 bits per heavy atom. The molecule has 2 rings (SSSR count). The van der Waals surface area contributed by atoms with Crippen LogP contribution in [0.4, 0.5) is 10.5 Å². The second kappa shape index (κ2) is 5.71. The van der Waals surface area contributed by atoms with Gasteiger partial charge in [0.2, 0.25) is 0 Å². The van der Waals surface area contributed by atoms with Crippen molar-refractivity contribution in [1.82, 2.24) is 4.57 Å². The van der Waals surface area contributed by atoms with E-state index in [2.05, 4.69) is 0 Å². The molecule has 0 spiro atoms. The fourth-order valence-electron chi connectivity index (χ4n) is 2.10. The maximum atomic E-state index is 12.3. The first-order chi connectivity index (χ1) is 10.2. The third-order valence-electron chi connectivity index (χ3n) is 3.30. The molecule has 22 heavy (non-hydrogen) atoms. The van der Waals surface area contributed by atoms with Gasteiger partial charge in [0, 0.05) is 11.1 Å². The number of carboxylic acid groups (broad SMARTS) is 1. The first kappa shape index (κ1) is 15.9. The molecule has 0 atom stereocenters. The second-order valence-corrected chi connectivity index (χ2v) is 6.41. The second-order valence-electron chi connectivity index (χ2n) is 6.41. The molecule has 0 saturated heterocycles. The van der Waals surface area contributed by atoms with E-state index in [9.17, 15) is 14.7 Å². The normalized spacial score (nSPS) is 11.6. The van der Waals surface area contributed by atoms with Crippen LogP contribution in [-0.4, -0.2) is 28.3 Å². The van der Waals surface area contributed by atoms with Gasteiger partial charge in [-0.1, -0.05) is 20.8 Å². The number of nitrogen functional groups attached to an aromatic ring is 1. The lowest BCUT2D eigenvalue weighted by Crippen LogP contribution is -2.20. The van der Waals surface area contributed by atoms with Gasteiger partial charge < -0.3 is 15.6 Å². The number of benzene rings is 1. The van der Waals surface area contributed by atoms with Gasteiger partial charge in [0.05, 0.1) is 12.1 Å². The predicted octanol–water partition coefficient (Wildman–Crippen LogP) is 3.34. The zero-order valence-electron chi connectivity index (χ0n) is 12.9. The van der Waals surface area contributed by atoms with Gasteiger partial charge in [0.15, 0.2) is 0 Å². The van der Waals surface area contributed by atoms with E-state index in [-0.39, 0.29) is 17.7 Å². The van der Waals surface area contributed by atoms with Crippen LogP contribution in [0.5, 0.6) is 0 Å². The van der Waals surface area contributed by atoms with Gasteiger partial charge in [-0.25, -0.2) is 14.2 Å². The number of hydrogen-bond acceptors (Lipinski definition) is 4. The molecule has 0 aliphatic carbocycles. The smallest absolute Gasteiger partial charge is 0.419 e. The molecule has 0 amide bonds. The molecule has 0 fully saturated rings. The molecular formula is C16H20N2O4. The van der Waals surface area contributed by atoms with Crippen LogP contribution in [0.15, 0.2) is 24.3 Å². The number of hydrogen-bond donors (Lipinski definition) is 2. The molecule has 2 aromatic rings. The van der Waals surface area contributed by atoms with E-state index < -0.39 is 12.1 Å². The number of carbonyl (C=O) groups is 2. The molecule has 0 aliphatic heterocycles. The number of rotatable bonds is 3. The maximum Gasteiger partial charge on any atom is 0.419 e. The van der Waals surface area contributed by atoms with Gasteiger partial charge in [-0.15, -0.1) is 0 Å². The lowest BCUT2D eigenvalue weighted by molar-refractivity contribution is 0.0680. The van der Waals surface area contributed by atoms with Crippen LogP contribution >= 0.6 is 0 Å². The predicted molar refractivity (Wildman–Crippen MR) is 84.1 cm³/mol. The minimum absolute atomic E-state index is 0.0309. The summed E-state index contributed by atoms with van der Waals surface area (Å²) in [5.74, 6) is -1.19. The molecule has 1 heterocycles. The van der Waals surface area contributed by atoms with E-state index in [1.807, 2.05) is 20.8 Å². The molecule has 0 radical (unpaired) electrons. The SMILES string of the molecule is CC(C)(C)CCOC(=O)n1c(C(=O)O)cc2cc(N)ccc21. The van der Waals surface area contributed by atoms with Crippen LogP contribution in [-0.2, 0) is 4.74 Å². The zero-order chi connectivity index (χ0) is 16.5. The van der Waals surface area contributed by atoms with Crippen molar-refractivity contribution < 1.29 is 19.4 Å². The Hall–Kier alpha value is -2.50. The Morgan fingerprint density at radius 1 is 1.27 bits per heavy atom. The summed E-state index contributed by atoms with van der Waals surface area (Å²) < 4.78 is 6.29. The topological polar surface area (TPSA) is 94.5 Å². The quantitative estimate of drug-likeness (QED) is 0.848. The Kier molecular flexibility index (Phi) is 4.12. The van der Waals surface area contributed by atoms with Crippen molar-refractivity contribution in [2.75, 3.05) is 12.3 Å². The van der Waals surface area contributed by atoms with Gasteiger partial charge in [-0.2, -0.15) is 0 Å². The summed E-state index contributed by atoms with van der Waals surface area (Å²) in [7, 11) is 0. The molecule has 6 heteroatoms. The highest BCUT2D eigenvalue weighted by Crippen LogP contribution is 2.23. The van der Waals surface area contributed by atoms with Gasteiger partial charge in [-0.3, -0.25) is 0 Å². The highest BCUT2D eigenvalue weighted by atomic mass is 16.5. The van der Waals surface area contributed by atoms with Crippen molar-refractivity contribution in [3.63, 3.8) is 0 Å². The van der Waals surface area contributed by atoms with Crippen LogP contribution in [0.1, 0.15) is 37.7 Å². The third-order valence-corrected chi connectivity index (χ3v) is 3.30. The zero-order valence-corrected chi connectivity index (χ0v) is 12.9. The van der Waals surface area contributed by atoms with Crippen molar-refractivity contribution in [2.45, 2.75) is 27.2 Å². The summed E-state index contributed by atoms with van der Waals surface area (Å²) in [5, 5.41) is 9.87. The highest BCUT2D eigenvalue weighted by Gasteiger charge is 2.21. The number of aromatic carboxylic acids is 1. The minimum atomic E-state index is -1.19. The summed E-state index contributed by atoms with van der Waals surface area (Å²) in [6.07, 6.45) is -0.00534. The van der Waals surface area contributed by atoms with Crippen LogP contribution in [0.25, 0.3) is 10.9 Å². The number of aromatic nitrogens is 1. The van der Waals surface area contributed by atoms with Crippen LogP contribution in [0.3, 0.4) is 0 Å². The van der Waals surface area contributed by atoms with E-state index in [4.69, 9.17) is 10.5 Å². The van der Waals surface area contributed by atoms with Gasteiger partial charge in [-0.05, 0) is 36.1 Å². The molecule has 6 nitrogen and oxygen atoms in total. The molecule has 3 N–H and O–H groups in total. The molecular weight excluding hydrogens is 284 g/mol. The van der Waals surface area contributed by atoms with E-state index in [0.29, 0.717) is 23.0 Å². The van der Waals surface area contributed by atoms with Crippen molar-refractivity contribution in [3.05, 3.63) is 30.0 Å². The number of fused-ring (bicyclic) bond motifs is 1. The minimum Gasteiger partial charge on any atom is -0.477 e. The Bertz CT molecular complexity index is 726. The third kappa shape index (κ3) is 3.39. The molecule has 118 valence electrons. The van der Waals surface area contributed by atoms with Crippen molar-refractivity contribution in [2.24, 2.45) is 5.41 Å². The molecule has 0 saturated carbocycles. The van der Waals surface area contributed by atoms with Gasteiger partial charge in [0.25, 0.3) is 0 Å². The maximum absolute atomic E-state index is 12.3. The summed E-state index contributed by atoms with van der Waals surface area (Å²) in [4.78, 5) is 23.6. The number of carboxylic acids is 1. The number of nitrogens with two attached hydrogens (primary N) is 1. The fraction of sp³-hybridized carbons (Fsp3) is 0.375. The van der Waals surface area contributed by atoms with Gasteiger partial charge in [0.1, 0.15) is 5.69 Å². The monoisotopic (exact) mass is 304 g/mol. The molecule has 0 aliphatic rings.